The minimum atomic E-state index is -0.0516. The molecule has 2 aliphatic heterocycles. The Morgan fingerprint density at radius 2 is 1.66 bits per heavy atom. The van der Waals surface area contributed by atoms with E-state index in [9.17, 15) is 4.79 Å². The Balaban J connectivity index is 1.27. The predicted octanol–water partition coefficient (Wildman–Crippen LogP) is 3.60. The molecule has 0 radical (unpaired) electrons. The van der Waals surface area contributed by atoms with E-state index in [1.165, 1.54) is 0 Å². The number of anilines is 2. The van der Waals surface area contributed by atoms with Crippen molar-refractivity contribution in [2.75, 3.05) is 62.8 Å². The van der Waals surface area contributed by atoms with Crippen molar-refractivity contribution in [1.82, 2.24) is 14.9 Å². The zero-order valence-corrected chi connectivity index (χ0v) is 20.5. The fraction of sp³-hybridized carbons (Fsp3) is 0.444. The molecule has 2 fully saturated rings. The number of fused-ring (bicyclic) bond motifs is 1. The Kier molecular flexibility index (Phi) is 6.88. The summed E-state index contributed by atoms with van der Waals surface area (Å²) in [7, 11) is 1.70. The van der Waals surface area contributed by atoms with Crippen LogP contribution in [-0.2, 0) is 4.79 Å². The molecule has 3 aromatic rings. The van der Waals surface area contributed by atoms with E-state index < -0.39 is 0 Å². The van der Waals surface area contributed by atoms with Crippen molar-refractivity contribution in [3.05, 3.63) is 48.5 Å². The number of benzene rings is 2. The molecular formula is C27H33N5O3. The number of piperidine rings is 1. The Labute approximate surface area is 206 Å². The van der Waals surface area contributed by atoms with Gasteiger partial charge in [-0.25, -0.2) is 9.97 Å². The van der Waals surface area contributed by atoms with Crippen molar-refractivity contribution in [2.45, 2.75) is 19.8 Å². The molecule has 8 heteroatoms. The molecule has 0 saturated carbocycles. The minimum absolute atomic E-state index is 0.0516. The summed E-state index contributed by atoms with van der Waals surface area (Å²) in [6, 6.07) is 15.9. The van der Waals surface area contributed by atoms with Crippen LogP contribution in [0.1, 0.15) is 19.8 Å². The van der Waals surface area contributed by atoms with Gasteiger partial charge < -0.3 is 24.2 Å². The monoisotopic (exact) mass is 475 g/mol. The molecule has 2 aliphatic rings. The summed E-state index contributed by atoms with van der Waals surface area (Å²) in [6.07, 6.45) is 1.84. The molecule has 35 heavy (non-hydrogen) atoms. The molecule has 2 saturated heterocycles. The van der Waals surface area contributed by atoms with E-state index in [-0.39, 0.29) is 11.8 Å². The van der Waals surface area contributed by atoms with Gasteiger partial charge in [-0.2, -0.15) is 0 Å². The molecule has 0 unspecified atom stereocenters. The number of para-hydroxylation sites is 4. The van der Waals surface area contributed by atoms with E-state index in [1.54, 1.807) is 7.11 Å². The van der Waals surface area contributed by atoms with Crippen LogP contribution >= 0.6 is 0 Å². The van der Waals surface area contributed by atoms with Gasteiger partial charge in [0.2, 0.25) is 5.91 Å². The minimum Gasteiger partial charge on any atom is -0.495 e. The van der Waals surface area contributed by atoms with Crippen molar-refractivity contribution in [2.24, 2.45) is 5.92 Å². The Hall–Kier alpha value is -3.55. The van der Waals surface area contributed by atoms with Gasteiger partial charge in [0, 0.05) is 39.3 Å². The van der Waals surface area contributed by atoms with Crippen LogP contribution in [0.3, 0.4) is 0 Å². The molecule has 0 N–H and O–H groups in total. The van der Waals surface area contributed by atoms with Gasteiger partial charge in [-0.05, 0) is 44.0 Å². The number of ether oxygens (including phenoxy) is 2. The fourth-order valence-electron chi connectivity index (χ4n) is 5.10. The topological polar surface area (TPSA) is 71.0 Å². The predicted molar refractivity (Wildman–Crippen MR) is 137 cm³/mol. The molecule has 184 valence electrons. The third-order valence-electron chi connectivity index (χ3n) is 6.89. The number of amides is 1. The van der Waals surface area contributed by atoms with Crippen LogP contribution in [0, 0.1) is 5.92 Å². The average molecular weight is 476 g/mol. The average Bonchev–Trinajstić information content (AvgIpc) is 2.92. The summed E-state index contributed by atoms with van der Waals surface area (Å²) in [5.74, 6) is 2.34. The van der Waals surface area contributed by atoms with Crippen LogP contribution in [0.4, 0.5) is 11.5 Å². The highest BCUT2D eigenvalue weighted by Crippen LogP contribution is 2.32. The molecule has 8 nitrogen and oxygen atoms in total. The number of hydrogen-bond donors (Lipinski definition) is 0. The van der Waals surface area contributed by atoms with E-state index in [4.69, 9.17) is 19.4 Å². The van der Waals surface area contributed by atoms with Crippen LogP contribution in [0.2, 0.25) is 0 Å². The summed E-state index contributed by atoms with van der Waals surface area (Å²) in [6.45, 7) is 6.98. The van der Waals surface area contributed by atoms with Crippen molar-refractivity contribution in [3.63, 3.8) is 0 Å². The maximum absolute atomic E-state index is 13.5. The van der Waals surface area contributed by atoms with Gasteiger partial charge >= 0.3 is 0 Å². The largest absolute Gasteiger partial charge is 0.495 e. The first-order valence-electron chi connectivity index (χ1n) is 12.5. The first kappa shape index (κ1) is 23.2. The lowest BCUT2D eigenvalue weighted by molar-refractivity contribution is -0.136. The van der Waals surface area contributed by atoms with Crippen molar-refractivity contribution < 1.29 is 14.3 Å². The van der Waals surface area contributed by atoms with E-state index >= 15 is 0 Å². The quantitative estimate of drug-likeness (QED) is 0.539. The second-order valence-electron chi connectivity index (χ2n) is 9.04. The van der Waals surface area contributed by atoms with E-state index in [2.05, 4.69) is 15.9 Å². The first-order valence-corrected chi connectivity index (χ1v) is 12.5. The van der Waals surface area contributed by atoms with Gasteiger partial charge in [0.15, 0.2) is 5.82 Å². The second-order valence-corrected chi connectivity index (χ2v) is 9.04. The highest BCUT2D eigenvalue weighted by molar-refractivity contribution is 5.81. The van der Waals surface area contributed by atoms with Gasteiger partial charge in [-0.15, -0.1) is 0 Å². The third kappa shape index (κ3) is 4.83. The molecule has 0 spiro atoms. The number of hydrogen-bond acceptors (Lipinski definition) is 7. The fourth-order valence-corrected chi connectivity index (χ4v) is 5.10. The molecule has 1 atom stereocenters. The SMILES string of the molecule is CCOc1nc2ccccc2nc1N1CCC[C@@H](C(=O)N2CCN(c3ccccc3OC)CC2)C1. The number of carbonyl (C=O) groups is 1. The highest BCUT2D eigenvalue weighted by Gasteiger charge is 2.33. The maximum Gasteiger partial charge on any atom is 0.258 e. The number of nitrogens with zero attached hydrogens (tertiary/aromatic N) is 5. The number of rotatable bonds is 6. The number of carbonyl (C=O) groups excluding carboxylic acids is 1. The Bertz CT molecular complexity index is 1180. The van der Waals surface area contributed by atoms with Crippen LogP contribution in [-0.4, -0.2) is 73.8 Å². The summed E-state index contributed by atoms with van der Waals surface area (Å²) >= 11 is 0. The summed E-state index contributed by atoms with van der Waals surface area (Å²) in [5, 5.41) is 0. The summed E-state index contributed by atoms with van der Waals surface area (Å²) < 4.78 is 11.4. The zero-order chi connectivity index (χ0) is 24.2. The maximum atomic E-state index is 13.5. The van der Waals surface area contributed by atoms with E-state index in [0.29, 0.717) is 32.1 Å². The Morgan fingerprint density at radius 1 is 0.943 bits per heavy atom. The Morgan fingerprint density at radius 3 is 2.40 bits per heavy atom. The summed E-state index contributed by atoms with van der Waals surface area (Å²) in [5.41, 5.74) is 2.74. The van der Waals surface area contributed by atoms with Crippen LogP contribution in [0.25, 0.3) is 11.0 Å². The van der Waals surface area contributed by atoms with Crippen LogP contribution < -0.4 is 19.3 Å². The number of methoxy groups -OCH3 is 1. The molecule has 5 rings (SSSR count). The molecule has 1 aromatic heterocycles. The molecule has 3 heterocycles. The number of aromatic nitrogens is 2. The lowest BCUT2D eigenvalue weighted by Gasteiger charge is -2.40. The lowest BCUT2D eigenvalue weighted by Crippen LogP contribution is -2.52. The summed E-state index contributed by atoms with van der Waals surface area (Å²) in [4.78, 5) is 29.6. The zero-order valence-electron chi connectivity index (χ0n) is 20.5. The smallest absolute Gasteiger partial charge is 0.258 e. The second kappa shape index (κ2) is 10.4. The van der Waals surface area contributed by atoms with Crippen molar-refractivity contribution in [1.29, 1.82) is 0 Å². The van der Waals surface area contributed by atoms with Gasteiger partial charge in [-0.1, -0.05) is 24.3 Å². The molecule has 2 aromatic carbocycles. The van der Waals surface area contributed by atoms with Gasteiger partial charge in [0.05, 0.1) is 36.4 Å². The van der Waals surface area contributed by atoms with E-state index in [0.717, 1.165) is 60.8 Å². The highest BCUT2D eigenvalue weighted by atomic mass is 16.5. The molecule has 0 aliphatic carbocycles. The lowest BCUT2D eigenvalue weighted by atomic mass is 9.96. The van der Waals surface area contributed by atoms with Crippen LogP contribution in [0.15, 0.2) is 48.5 Å². The van der Waals surface area contributed by atoms with Crippen molar-refractivity contribution >= 4 is 28.4 Å². The third-order valence-corrected chi connectivity index (χ3v) is 6.89. The van der Waals surface area contributed by atoms with Gasteiger partial charge in [0.25, 0.3) is 5.88 Å². The number of piperazine rings is 1. The molecule has 1 amide bonds. The molecular weight excluding hydrogens is 442 g/mol. The normalized spacial score (nSPS) is 18.6. The van der Waals surface area contributed by atoms with E-state index in [1.807, 2.05) is 54.3 Å². The van der Waals surface area contributed by atoms with Crippen LogP contribution in [0.5, 0.6) is 11.6 Å². The van der Waals surface area contributed by atoms with Gasteiger partial charge in [-0.3, -0.25) is 4.79 Å². The molecule has 0 bridgehead atoms. The van der Waals surface area contributed by atoms with Crippen molar-refractivity contribution in [3.8, 4) is 11.6 Å². The standard InChI is InChI=1S/C27H33N5O3/c1-3-35-26-25(28-21-10-4-5-11-22(21)29-26)32-14-8-9-20(19-32)27(33)31-17-15-30(16-18-31)23-12-6-7-13-24(23)34-2/h4-7,10-13,20H,3,8-9,14-19H2,1-2H3/t20-/m1/s1. The van der Waals surface area contributed by atoms with Gasteiger partial charge in [0.1, 0.15) is 5.75 Å². The first-order chi connectivity index (χ1) is 17.2.